The van der Waals surface area contributed by atoms with E-state index < -0.39 is 0 Å². The maximum atomic E-state index is 12.1. The molecule has 1 fully saturated rings. The van der Waals surface area contributed by atoms with E-state index in [-0.39, 0.29) is 11.7 Å². The van der Waals surface area contributed by atoms with Crippen molar-refractivity contribution in [1.29, 1.82) is 0 Å². The van der Waals surface area contributed by atoms with Gasteiger partial charge in [-0.3, -0.25) is 4.79 Å². The molecule has 1 unspecified atom stereocenters. The summed E-state index contributed by atoms with van der Waals surface area (Å²) < 4.78 is 1.52. The molecule has 1 aliphatic rings. The zero-order valence-corrected chi connectivity index (χ0v) is 13.0. The molecule has 1 aliphatic heterocycles. The van der Waals surface area contributed by atoms with Gasteiger partial charge in [-0.2, -0.15) is 5.10 Å². The van der Waals surface area contributed by atoms with Crippen molar-refractivity contribution in [3.05, 3.63) is 22.6 Å². The molecule has 1 aromatic rings. The average molecular weight is 294 g/mol. The molecule has 1 aromatic heterocycles. The van der Waals surface area contributed by atoms with Crippen LogP contribution in [0.1, 0.15) is 26.2 Å². The van der Waals surface area contributed by atoms with Gasteiger partial charge in [0.25, 0.3) is 5.56 Å². The molecule has 0 bridgehead atoms. The third-order valence-corrected chi connectivity index (χ3v) is 3.97. The lowest BCUT2D eigenvalue weighted by molar-refractivity contribution is 0.179. The van der Waals surface area contributed by atoms with Gasteiger partial charge in [0.2, 0.25) is 0 Å². The van der Waals surface area contributed by atoms with Crippen molar-refractivity contribution >= 4 is 5.69 Å². The van der Waals surface area contributed by atoms with E-state index in [0.29, 0.717) is 6.54 Å². The molecule has 0 radical (unpaired) electrons. The molecule has 118 valence electrons. The van der Waals surface area contributed by atoms with Gasteiger partial charge in [0.05, 0.1) is 18.0 Å². The zero-order chi connectivity index (χ0) is 15.2. The topological polar surface area (TPSA) is 61.6 Å². The van der Waals surface area contributed by atoms with Gasteiger partial charge < -0.3 is 14.9 Å². The average Bonchev–Trinajstić information content (AvgIpc) is 2.45. The molecular weight excluding hydrogens is 268 g/mol. The number of unbranched alkanes of at least 4 members (excludes halogenated alkanes) is 1. The number of aryl methyl sites for hydroxylation is 1. The minimum Gasteiger partial charge on any atom is -0.393 e. The fraction of sp³-hybridized carbons (Fsp3) is 0.733. The summed E-state index contributed by atoms with van der Waals surface area (Å²) in [4.78, 5) is 16.6. The second-order valence-electron chi connectivity index (χ2n) is 5.91. The van der Waals surface area contributed by atoms with Crippen molar-refractivity contribution in [3.63, 3.8) is 0 Å². The third-order valence-electron chi connectivity index (χ3n) is 3.97. The molecule has 0 saturated carbocycles. The highest BCUT2D eigenvalue weighted by Crippen LogP contribution is 2.12. The Morgan fingerprint density at radius 2 is 2.00 bits per heavy atom. The first kappa shape index (κ1) is 16.0. The van der Waals surface area contributed by atoms with E-state index in [2.05, 4.69) is 21.9 Å². The smallest absolute Gasteiger partial charge is 0.268 e. The number of aromatic nitrogens is 2. The number of piperazine rings is 1. The second kappa shape index (κ2) is 7.56. The summed E-state index contributed by atoms with van der Waals surface area (Å²) in [6.07, 6.45) is 4.07. The quantitative estimate of drug-likeness (QED) is 0.776. The minimum atomic E-state index is -0.269. The van der Waals surface area contributed by atoms with Crippen LogP contribution in [0.15, 0.2) is 17.1 Å². The normalized spacial score (nSPS) is 18.0. The molecule has 21 heavy (non-hydrogen) atoms. The summed E-state index contributed by atoms with van der Waals surface area (Å²) >= 11 is 0. The molecule has 1 atom stereocenters. The Bertz CT molecular complexity index is 493. The highest BCUT2D eigenvalue weighted by atomic mass is 16.3. The molecular formula is C15H26N4O2. The van der Waals surface area contributed by atoms with Crippen LogP contribution in [0.25, 0.3) is 0 Å². The van der Waals surface area contributed by atoms with Crippen LogP contribution in [0.2, 0.25) is 0 Å². The van der Waals surface area contributed by atoms with Gasteiger partial charge in [0, 0.05) is 38.8 Å². The lowest BCUT2D eigenvalue weighted by atomic mass is 10.2. The number of anilines is 1. The highest BCUT2D eigenvalue weighted by molar-refractivity contribution is 5.43. The van der Waals surface area contributed by atoms with Crippen molar-refractivity contribution in [1.82, 2.24) is 14.7 Å². The highest BCUT2D eigenvalue weighted by Gasteiger charge is 2.15. The summed E-state index contributed by atoms with van der Waals surface area (Å²) in [5.74, 6) is 0. The SMILES string of the molecule is CC(O)CCCCn1ncc(N2CCN(C)CC2)cc1=O. The van der Waals surface area contributed by atoms with Gasteiger partial charge in [0.1, 0.15) is 0 Å². The van der Waals surface area contributed by atoms with Crippen LogP contribution in [0.4, 0.5) is 5.69 Å². The summed E-state index contributed by atoms with van der Waals surface area (Å²) in [6, 6.07) is 1.69. The van der Waals surface area contributed by atoms with Crippen molar-refractivity contribution in [2.45, 2.75) is 38.8 Å². The maximum absolute atomic E-state index is 12.1. The van der Waals surface area contributed by atoms with E-state index in [1.807, 2.05) is 0 Å². The van der Waals surface area contributed by atoms with Crippen molar-refractivity contribution < 1.29 is 5.11 Å². The van der Waals surface area contributed by atoms with Crippen LogP contribution in [0, 0.1) is 0 Å². The van der Waals surface area contributed by atoms with Crippen LogP contribution >= 0.6 is 0 Å². The Kier molecular flexibility index (Phi) is 5.76. The van der Waals surface area contributed by atoms with Crippen molar-refractivity contribution in [3.8, 4) is 0 Å². The maximum Gasteiger partial charge on any atom is 0.268 e. The predicted molar refractivity (Wildman–Crippen MR) is 83.7 cm³/mol. The Labute approximate surface area is 126 Å². The Morgan fingerprint density at radius 3 is 2.62 bits per heavy atom. The van der Waals surface area contributed by atoms with E-state index in [9.17, 15) is 9.90 Å². The zero-order valence-electron chi connectivity index (χ0n) is 13.0. The van der Waals surface area contributed by atoms with Crippen molar-refractivity contribution in [2.24, 2.45) is 0 Å². The number of nitrogens with zero attached hydrogens (tertiary/aromatic N) is 4. The Morgan fingerprint density at radius 1 is 1.29 bits per heavy atom. The number of rotatable bonds is 6. The van der Waals surface area contributed by atoms with Crippen LogP contribution in [0.5, 0.6) is 0 Å². The van der Waals surface area contributed by atoms with Gasteiger partial charge in [0.15, 0.2) is 0 Å². The molecule has 0 amide bonds. The number of aliphatic hydroxyl groups is 1. The van der Waals surface area contributed by atoms with Gasteiger partial charge >= 0.3 is 0 Å². The summed E-state index contributed by atoms with van der Waals surface area (Å²) in [5, 5.41) is 13.5. The first-order valence-corrected chi connectivity index (χ1v) is 7.75. The first-order chi connectivity index (χ1) is 10.1. The lowest BCUT2D eigenvalue weighted by Crippen LogP contribution is -2.45. The van der Waals surface area contributed by atoms with E-state index in [4.69, 9.17) is 0 Å². The number of hydrogen-bond acceptors (Lipinski definition) is 5. The molecule has 1 saturated heterocycles. The third kappa shape index (κ3) is 4.82. The van der Waals surface area contributed by atoms with E-state index >= 15 is 0 Å². The second-order valence-corrected chi connectivity index (χ2v) is 5.91. The molecule has 1 N–H and O–H groups in total. The van der Waals surface area contributed by atoms with E-state index in [1.165, 1.54) is 4.68 Å². The van der Waals surface area contributed by atoms with Crippen LogP contribution in [-0.2, 0) is 6.54 Å². The largest absolute Gasteiger partial charge is 0.393 e. The van der Waals surface area contributed by atoms with Gasteiger partial charge in [-0.05, 0) is 33.2 Å². The van der Waals surface area contributed by atoms with Gasteiger partial charge in [-0.25, -0.2) is 4.68 Å². The Hall–Kier alpha value is -1.40. The summed E-state index contributed by atoms with van der Waals surface area (Å²) in [5.41, 5.74) is 0.886. The molecule has 0 spiro atoms. The number of aliphatic hydroxyl groups excluding tert-OH is 1. The lowest BCUT2D eigenvalue weighted by Gasteiger charge is -2.33. The van der Waals surface area contributed by atoms with Crippen LogP contribution in [-0.4, -0.2) is 59.1 Å². The van der Waals surface area contributed by atoms with Crippen LogP contribution < -0.4 is 10.5 Å². The molecule has 6 heteroatoms. The van der Waals surface area contributed by atoms with Gasteiger partial charge in [-0.1, -0.05) is 0 Å². The minimum absolute atomic E-state index is 0.0384. The fourth-order valence-electron chi connectivity index (χ4n) is 2.53. The number of likely N-dealkylation sites (N-methyl/N-ethyl adjacent to an activating group) is 1. The van der Waals surface area contributed by atoms with Crippen LogP contribution in [0.3, 0.4) is 0 Å². The molecule has 2 heterocycles. The standard InChI is InChI=1S/C15H26N4O2/c1-13(20)5-3-4-6-19-15(21)11-14(12-16-19)18-9-7-17(2)8-10-18/h11-13,20H,3-10H2,1-2H3. The Balaban J connectivity index is 1.90. The van der Waals surface area contributed by atoms with Crippen molar-refractivity contribution in [2.75, 3.05) is 38.1 Å². The molecule has 2 rings (SSSR count). The van der Waals surface area contributed by atoms with E-state index in [1.54, 1.807) is 19.2 Å². The monoisotopic (exact) mass is 294 g/mol. The molecule has 6 nitrogen and oxygen atoms in total. The summed E-state index contributed by atoms with van der Waals surface area (Å²) in [7, 11) is 2.11. The summed E-state index contributed by atoms with van der Waals surface area (Å²) in [6.45, 7) is 6.32. The molecule has 0 aliphatic carbocycles. The predicted octanol–water partition coefficient (Wildman–Crippen LogP) is 0.546. The fourth-order valence-corrected chi connectivity index (χ4v) is 2.53. The first-order valence-electron chi connectivity index (χ1n) is 7.75. The van der Waals surface area contributed by atoms with Gasteiger partial charge in [-0.15, -0.1) is 0 Å². The van der Waals surface area contributed by atoms with E-state index in [0.717, 1.165) is 51.1 Å². The number of hydrogen-bond donors (Lipinski definition) is 1. The molecule has 0 aromatic carbocycles.